The van der Waals surface area contributed by atoms with Gasteiger partial charge < -0.3 is 15.8 Å². The Bertz CT molecular complexity index is 496. The molecule has 0 fully saturated rings. The molecular formula is C14H19F3N2O2. The smallest absolute Gasteiger partial charge is 0.416 e. The summed E-state index contributed by atoms with van der Waals surface area (Å²) in [4.78, 5) is 11.7. The molecule has 4 nitrogen and oxygen atoms in total. The van der Waals surface area contributed by atoms with Gasteiger partial charge in [0.05, 0.1) is 11.6 Å². The molecule has 0 saturated heterocycles. The van der Waals surface area contributed by atoms with Gasteiger partial charge in [-0.3, -0.25) is 0 Å². The zero-order valence-corrected chi connectivity index (χ0v) is 12.1. The van der Waals surface area contributed by atoms with Gasteiger partial charge in [-0.15, -0.1) is 0 Å². The fraction of sp³-hybridized carbons (Fsp3) is 0.500. The lowest BCUT2D eigenvalue weighted by atomic mass is 10.00. The molecule has 0 spiro atoms. The van der Waals surface area contributed by atoms with Crippen LogP contribution in [-0.4, -0.2) is 18.2 Å². The number of carbonyl (C=O) groups is 1. The van der Waals surface area contributed by atoms with Gasteiger partial charge in [-0.05, 0) is 32.4 Å². The van der Waals surface area contributed by atoms with E-state index < -0.39 is 29.5 Å². The lowest BCUT2D eigenvalue weighted by Crippen LogP contribution is -2.38. The first kappa shape index (κ1) is 17.3. The van der Waals surface area contributed by atoms with Crippen LogP contribution in [0.15, 0.2) is 24.3 Å². The Balaban J connectivity index is 2.99. The Labute approximate surface area is 121 Å². The predicted octanol–water partition coefficient (Wildman–Crippen LogP) is 3.23. The predicted molar refractivity (Wildman–Crippen MR) is 72.6 cm³/mol. The van der Waals surface area contributed by atoms with E-state index in [9.17, 15) is 18.0 Å². The van der Waals surface area contributed by atoms with E-state index in [0.717, 1.165) is 6.07 Å². The molecule has 0 aliphatic rings. The number of carbonyl (C=O) groups excluding carboxylic acids is 1. The number of benzene rings is 1. The fourth-order valence-electron chi connectivity index (χ4n) is 1.77. The first-order valence-corrected chi connectivity index (χ1v) is 6.40. The maximum Gasteiger partial charge on any atom is 0.416 e. The Morgan fingerprint density at radius 3 is 2.33 bits per heavy atom. The third kappa shape index (κ3) is 5.26. The number of alkyl carbamates (subject to hydrolysis) is 1. The molecule has 1 aromatic rings. The fourth-order valence-corrected chi connectivity index (χ4v) is 1.77. The minimum atomic E-state index is -4.51. The number of ether oxygens (including phenoxy) is 1. The van der Waals surface area contributed by atoms with Gasteiger partial charge in [-0.25, -0.2) is 4.79 Å². The van der Waals surface area contributed by atoms with Gasteiger partial charge >= 0.3 is 12.3 Å². The third-order valence-electron chi connectivity index (χ3n) is 2.57. The molecule has 0 aromatic heterocycles. The SMILES string of the molecule is CC(C)(C)OC(=O)NC(CN)c1ccccc1C(F)(F)F. The molecule has 0 bridgehead atoms. The minimum Gasteiger partial charge on any atom is -0.444 e. The van der Waals surface area contributed by atoms with Gasteiger partial charge in [0, 0.05) is 6.54 Å². The number of amides is 1. The molecule has 3 N–H and O–H groups in total. The van der Waals surface area contributed by atoms with Gasteiger partial charge in [0.15, 0.2) is 0 Å². The second-order valence-electron chi connectivity index (χ2n) is 5.52. The first-order chi connectivity index (χ1) is 9.54. The lowest BCUT2D eigenvalue weighted by Gasteiger charge is -2.24. The summed E-state index contributed by atoms with van der Waals surface area (Å²) >= 11 is 0. The Morgan fingerprint density at radius 2 is 1.86 bits per heavy atom. The van der Waals surface area contributed by atoms with Crippen LogP contribution < -0.4 is 11.1 Å². The average molecular weight is 304 g/mol. The number of nitrogens with two attached hydrogens (primary N) is 1. The summed E-state index contributed by atoms with van der Waals surface area (Å²) in [6, 6.07) is 4.02. The van der Waals surface area contributed by atoms with Crippen molar-refractivity contribution >= 4 is 6.09 Å². The molecule has 1 aromatic carbocycles. The average Bonchev–Trinajstić information content (AvgIpc) is 2.32. The van der Waals surface area contributed by atoms with Crippen molar-refractivity contribution in [3.63, 3.8) is 0 Å². The van der Waals surface area contributed by atoms with Crippen LogP contribution in [-0.2, 0) is 10.9 Å². The van der Waals surface area contributed by atoms with Crippen molar-refractivity contribution in [2.75, 3.05) is 6.54 Å². The normalized spacial score (nSPS) is 13.7. The molecule has 1 unspecified atom stereocenters. The second-order valence-corrected chi connectivity index (χ2v) is 5.52. The van der Waals surface area contributed by atoms with Crippen LogP contribution in [0.4, 0.5) is 18.0 Å². The van der Waals surface area contributed by atoms with E-state index >= 15 is 0 Å². The Hall–Kier alpha value is -1.76. The highest BCUT2D eigenvalue weighted by molar-refractivity contribution is 5.68. The molecule has 0 saturated carbocycles. The highest BCUT2D eigenvalue weighted by Crippen LogP contribution is 2.34. The number of hydrogen-bond acceptors (Lipinski definition) is 3. The summed E-state index contributed by atoms with van der Waals surface area (Å²) in [6.45, 7) is 4.81. The largest absolute Gasteiger partial charge is 0.444 e. The number of alkyl halides is 3. The van der Waals surface area contributed by atoms with Crippen molar-refractivity contribution in [2.24, 2.45) is 5.73 Å². The summed E-state index contributed by atoms with van der Waals surface area (Å²) in [5.41, 5.74) is 3.84. The molecular weight excluding hydrogens is 285 g/mol. The van der Waals surface area contributed by atoms with Crippen LogP contribution in [0.25, 0.3) is 0 Å². The van der Waals surface area contributed by atoms with Crippen LogP contribution in [0.3, 0.4) is 0 Å². The highest BCUT2D eigenvalue weighted by Gasteiger charge is 2.35. The zero-order chi connectivity index (χ0) is 16.3. The van der Waals surface area contributed by atoms with Gasteiger partial charge in [0.25, 0.3) is 0 Å². The topological polar surface area (TPSA) is 64.3 Å². The molecule has 0 heterocycles. The third-order valence-corrected chi connectivity index (χ3v) is 2.57. The summed E-state index contributed by atoms with van der Waals surface area (Å²) in [7, 11) is 0. The summed E-state index contributed by atoms with van der Waals surface area (Å²) in [6.07, 6.45) is -5.32. The van der Waals surface area contributed by atoms with Crippen molar-refractivity contribution in [3.8, 4) is 0 Å². The molecule has 0 aliphatic heterocycles. The first-order valence-electron chi connectivity index (χ1n) is 6.40. The summed E-state index contributed by atoms with van der Waals surface area (Å²) in [5, 5.41) is 2.37. The zero-order valence-electron chi connectivity index (χ0n) is 12.1. The highest BCUT2D eigenvalue weighted by atomic mass is 19.4. The molecule has 7 heteroatoms. The standard InChI is InChI=1S/C14H19F3N2O2/c1-13(2,3)21-12(20)19-11(8-18)9-6-4-5-7-10(9)14(15,16)17/h4-7,11H,8,18H2,1-3H3,(H,19,20). The number of nitrogens with one attached hydrogen (secondary N) is 1. The monoisotopic (exact) mass is 304 g/mol. The van der Waals surface area contributed by atoms with Gasteiger partial charge in [-0.2, -0.15) is 13.2 Å². The summed E-state index contributed by atoms with van der Waals surface area (Å²) < 4.78 is 43.9. The lowest BCUT2D eigenvalue weighted by molar-refractivity contribution is -0.138. The van der Waals surface area contributed by atoms with Gasteiger partial charge in [-0.1, -0.05) is 18.2 Å². The van der Waals surface area contributed by atoms with E-state index in [2.05, 4.69) is 5.32 Å². The van der Waals surface area contributed by atoms with Crippen molar-refractivity contribution in [1.82, 2.24) is 5.32 Å². The maximum absolute atomic E-state index is 13.0. The van der Waals surface area contributed by atoms with E-state index in [1.807, 2.05) is 0 Å². The van der Waals surface area contributed by atoms with E-state index in [1.54, 1.807) is 20.8 Å². The minimum absolute atomic E-state index is 0.0849. The van der Waals surface area contributed by atoms with Crippen LogP contribution >= 0.6 is 0 Å². The van der Waals surface area contributed by atoms with Crippen LogP contribution in [0.5, 0.6) is 0 Å². The Kier molecular flexibility index (Phi) is 5.22. The number of hydrogen-bond donors (Lipinski definition) is 2. The maximum atomic E-state index is 13.0. The molecule has 1 atom stereocenters. The second kappa shape index (κ2) is 6.34. The van der Waals surface area contributed by atoms with Crippen molar-refractivity contribution in [2.45, 2.75) is 38.6 Å². The number of halogens is 3. The van der Waals surface area contributed by atoms with Gasteiger partial charge in [0.1, 0.15) is 5.60 Å². The quantitative estimate of drug-likeness (QED) is 0.901. The van der Waals surface area contributed by atoms with Crippen LogP contribution in [0.2, 0.25) is 0 Å². The molecule has 0 radical (unpaired) electrons. The molecule has 21 heavy (non-hydrogen) atoms. The van der Waals surface area contributed by atoms with Crippen molar-refractivity contribution < 1.29 is 22.7 Å². The van der Waals surface area contributed by atoms with E-state index in [0.29, 0.717) is 0 Å². The molecule has 1 amide bonds. The number of rotatable bonds is 3. The Morgan fingerprint density at radius 1 is 1.29 bits per heavy atom. The molecule has 118 valence electrons. The van der Waals surface area contributed by atoms with Crippen LogP contribution in [0.1, 0.15) is 37.9 Å². The summed E-state index contributed by atoms with van der Waals surface area (Å²) in [5.74, 6) is 0. The van der Waals surface area contributed by atoms with E-state index in [-0.39, 0.29) is 12.1 Å². The molecule has 0 aliphatic carbocycles. The van der Waals surface area contributed by atoms with Crippen molar-refractivity contribution in [1.29, 1.82) is 0 Å². The van der Waals surface area contributed by atoms with Crippen LogP contribution in [0, 0.1) is 0 Å². The molecule has 1 rings (SSSR count). The van der Waals surface area contributed by atoms with E-state index in [1.165, 1.54) is 18.2 Å². The van der Waals surface area contributed by atoms with E-state index in [4.69, 9.17) is 10.5 Å². The van der Waals surface area contributed by atoms with Gasteiger partial charge in [0.2, 0.25) is 0 Å². The van der Waals surface area contributed by atoms with Crippen molar-refractivity contribution in [3.05, 3.63) is 35.4 Å².